The largest absolute Gasteiger partial charge is 2.00 e. The van der Waals surface area contributed by atoms with Crippen molar-refractivity contribution in [1.82, 2.24) is 0 Å². The molecule has 0 amide bonds. The van der Waals surface area contributed by atoms with Crippen LogP contribution in [0.1, 0.15) is 0 Å². The summed E-state index contributed by atoms with van der Waals surface area (Å²) in [7, 11) is 0. The van der Waals surface area contributed by atoms with Crippen molar-refractivity contribution in [2.75, 3.05) is 0 Å². The van der Waals surface area contributed by atoms with Crippen LogP contribution in [0.2, 0.25) is 0 Å². The molecule has 0 aromatic carbocycles. The van der Waals surface area contributed by atoms with Crippen LogP contribution >= 0.6 is 0 Å². The molecule has 11 heavy (non-hydrogen) atoms. The Bertz CT molecular complexity index is 296. The van der Waals surface area contributed by atoms with Crippen LogP contribution in [0.15, 0.2) is 0 Å². The van der Waals surface area contributed by atoms with Crippen molar-refractivity contribution in [3.8, 4) is 0 Å². The Morgan fingerprint density at radius 3 is 0.636 bits per heavy atom. The van der Waals surface area contributed by atoms with Gasteiger partial charge in [-0.05, 0) is 0 Å². The smallest absolute Gasteiger partial charge is 2.00 e. The van der Waals surface area contributed by atoms with E-state index in [1.54, 1.807) is 0 Å². The fourth-order valence-corrected chi connectivity index (χ4v) is 0. The summed E-state index contributed by atoms with van der Waals surface area (Å²) in [4.78, 5) is 0. The molecule has 0 fully saturated rings. The predicted octanol–water partition coefficient (Wildman–Crippen LogP) is -3.10. The molecule has 0 unspecified atom stereocenters. The molecule has 0 aromatic rings. The predicted molar refractivity (Wildman–Crippen MR) is 4.12 cm³/mol. The molecule has 0 aliphatic rings. The summed E-state index contributed by atoms with van der Waals surface area (Å²) in [6.45, 7) is 0. The van der Waals surface area contributed by atoms with Crippen molar-refractivity contribution in [3.05, 3.63) is 0 Å². The van der Waals surface area contributed by atoms with Crippen LogP contribution in [0.25, 0.3) is 0 Å². The van der Waals surface area contributed by atoms with Crippen LogP contribution in [-0.4, -0.2) is 0 Å². The summed E-state index contributed by atoms with van der Waals surface area (Å²) in [5, 5.41) is 0. The third-order valence-electron chi connectivity index (χ3n) is 0. The zero-order valence-corrected chi connectivity index (χ0v) is 8.25. The number of hydrogen-bond donors (Lipinski definition) is 0. The van der Waals surface area contributed by atoms with E-state index in [1.165, 1.54) is 0 Å². The minimum absolute atomic E-state index is 0. The van der Waals surface area contributed by atoms with Crippen molar-refractivity contribution < 1.29 is 77.8 Å². The molecular formula is Mn2O8Pd. The van der Waals surface area contributed by atoms with Gasteiger partial charge in [-0.1, -0.05) is 0 Å². The summed E-state index contributed by atoms with van der Waals surface area (Å²) in [5.41, 5.74) is 0. The summed E-state index contributed by atoms with van der Waals surface area (Å²) >= 11 is -11.2. The molecule has 0 heterocycles. The molecule has 11 heteroatoms. The quantitative estimate of drug-likeness (QED) is 0.420. The Balaban J connectivity index is -0.000000107. The fraction of sp³-hybridized carbons (Fsp3) is 0. The van der Waals surface area contributed by atoms with Gasteiger partial charge in [0.05, 0.1) is 0 Å². The van der Waals surface area contributed by atoms with Gasteiger partial charge in [-0.15, -0.1) is 0 Å². The Kier molecular flexibility index (Phi) is 9.53. The molecule has 0 rings (SSSR count). The van der Waals surface area contributed by atoms with Crippen molar-refractivity contribution >= 4 is 0 Å². The first-order chi connectivity index (χ1) is 4.00. The van der Waals surface area contributed by atoms with Gasteiger partial charge in [0.1, 0.15) is 0 Å². The van der Waals surface area contributed by atoms with Crippen LogP contribution < -0.4 is 8.38 Å². The maximum absolute atomic E-state index is 8.58. The van der Waals surface area contributed by atoms with Gasteiger partial charge >= 0.3 is 77.8 Å². The zero-order chi connectivity index (χ0) is 9.00. The second kappa shape index (κ2) is 6.00. The average molecular weight is 344 g/mol. The normalized spacial score (nSPS) is 10.4. The Hall–Kier alpha value is 0.421. The van der Waals surface area contributed by atoms with Gasteiger partial charge in [0, 0.05) is 0 Å². The molecule has 0 radical (unpaired) electrons. The van der Waals surface area contributed by atoms with Crippen molar-refractivity contribution in [2.24, 2.45) is 0 Å². The minimum Gasteiger partial charge on any atom is 2.00 e. The average Bonchev–Trinajstić information content (AvgIpc) is 1.12. The maximum Gasteiger partial charge on any atom is 2.00 e. The van der Waals surface area contributed by atoms with Gasteiger partial charge in [-0.25, -0.2) is 0 Å². The van der Waals surface area contributed by atoms with Gasteiger partial charge in [0.2, 0.25) is 0 Å². The van der Waals surface area contributed by atoms with Gasteiger partial charge in [-0.2, -0.15) is 0 Å². The van der Waals surface area contributed by atoms with Crippen LogP contribution in [0.3, 0.4) is 0 Å². The molecule has 0 spiro atoms. The van der Waals surface area contributed by atoms with E-state index in [1.807, 2.05) is 0 Å². The van der Waals surface area contributed by atoms with E-state index in [2.05, 4.69) is 0 Å². The fourth-order valence-electron chi connectivity index (χ4n) is 0. The maximum atomic E-state index is 8.58. The van der Waals surface area contributed by atoms with E-state index in [4.69, 9.17) is 31.4 Å². The number of rotatable bonds is 0. The van der Waals surface area contributed by atoms with Gasteiger partial charge in [-0.3, -0.25) is 0 Å². The first-order valence-corrected chi connectivity index (χ1v) is 5.09. The molecule has 0 aromatic heterocycles. The van der Waals surface area contributed by atoms with E-state index in [9.17, 15) is 0 Å². The van der Waals surface area contributed by atoms with E-state index in [0.29, 0.717) is 0 Å². The molecule has 0 aliphatic heterocycles. The van der Waals surface area contributed by atoms with Crippen LogP contribution in [-0.2, 0) is 69.4 Å². The minimum atomic E-state index is -5.62. The molecule has 8 nitrogen and oxygen atoms in total. The standard InChI is InChI=1S/2Mn.8O.Pd/q;;;;;;;;2*-1;+2. The van der Waals surface area contributed by atoms with Crippen molar-refractivity contribution in [1.29, 1.82) is 0 Å². The monoisotopic (exact) mass is 344 g/mol. The van der Waals surface area contributed by atoms with Gasteiger partial charge in [0.15, 0.2) is 0 Å². The molecule has 0 saturated heterocycles. The van der Waals surface area contributed by atoms with Crippen LogP contribution in [0.4, 0.5) is 0 Å². The van der Waals surface area contributed by atoms with Crippen LogP contribution in [0.5, 0.6) is 0 Å². The topological polar surface area (TPSA) is 149 Å². The molecule has 0 N–H and O–H groups in total. The van der Waals surface area contributed by atoms with Gasteiger partial charge in [0.25, 0.3) is 0 Å². The van der Waals surface area contributed by atoms with Crippen molar-refractivity contribution in [2.45, 2.75) is 0 Å². The second-order valence-corrected chi connectivity index (χ2v) is 3.12. The second-order valence-electron chi connectivity index (χ2n) is 0.756. The molecule has 72 valence electrons. The SMILES string of the molecule is [O]=[Mn](=[O])(=[O])[O-].[O]=[Mn](=[O])(=[O])[O-].[Pd+2]. The summed E-state index contributed by atoms with van der Waals surface area (Å²) in [5.74, 6) is 0. The zero-order valence-electron chi connectivity index (χ0n) is 4.34. The van der Waals surface area contributed by atoms with E-state index >= 15 is 0 Å². The number of hydrogen-bond acceptors (Lipinski definition) is 8. The molecular weight excluding hydrogens is 344 g/mol. The molecule has 0 saturated carbocycles. The summed E-state index contributed by atoms with van der Waals surface area (Å²) in [6.07, 6.45) is 0. The summed E-state index contributed by atoms with van der Waals surface area (Å²) < 4.78 is 68.6. The first kappa shape index (κ1) is 17.5. The van der Waals surface area contributed by atoms with E-state index < -0.39 is 25.9 Å². The van der Waals surface area contributed by atoms with E-state index in [-0.39, 0.29) is 20.4 Å². The molecule has 0 aliphatic carbocycles. The molecule has 0 bridgehead atoms. The Morgan fingerprint density at radius 1 is 0.636 bits per heavy atom. The van der Waals surface area contributed by atoms with Gasteiger partial charge < -0.3 is 0 Å². The Morgan fingerprint density at radius 2 is 0.636 bits per heavy atom. The molecule has 0 atom stereocenters. The third kappa shape index (κ3) is 4160. The Labute approximate surface area is 77.6 Å². The van der Waals surface area contributed by atoms with Crippen molar-refractivity contribution in [3.63, 3.8) is 0 Å². The summed E-state index contributed by atoms with van der Waals surface area (Å²) in [6, 6.07) is 0. The van der Waals surface area contributed by atoms with Crippen LogP contribution in [0, 0.1) is 0 Å². The first-order valence-electron chi connectivity index (χ1n) is 1.23. The third-order valence-corrected chi connectivity index (χ3v) is 0. The van der Waals surface area contributed by atoms with E-state index in [0.717, 1.165) is 0 Å².